The van der Waals surface area contributed by atoms with Crippen molar-refractivity contribution in [1.82, 2.24) is 0 Å². The summed E-state index contributed by atoms with van der Waals surface area (Å²) in [5.41, 5.74) is 3.86. The second-order valence-electron chi connectivity index (χ2n) is 6.00. The van der Waals surface area contributed by atoms with Gasteiger partial charge in [-0.1, -0.05) is 54.6 Å². The first-order chi connectivity index (χ1) is 12.7. The zero-order valence-electron chi connectivity index (χ0n) is 14.9. The summed E-state index contributed by atoms with van der Waals surface area (Å²) in [4.78, 5) is 12.4. The predicted molar refractivity (Wildman–Crippen MR) is 107 cm³/mol. The molecule has 4 heteroatoms. The van der Waals surface area contributed by atoms with Crippen molar-refractivity contribution in [2.75, 3.05) is 17.7 Å². The van der Waals surface area contributed by atoms with Gasteiger partial charge in [-0.3, -0.25) is 4.79 Å². The second kappa shape index (κ2) is 8.21. The zero-order valence-corrected chi connectivity index (χ0v) is 14.9. The van der Waals surface area contributed by atoms with Gasteiger partial charge >= 0.3 is 0 Å². The molecular formula is C22H22N2O2. The smallest absolute Gasteiger partial charge is 0.246 e. The van der Waals surface area contributed by atoms with Gasteiger partial charge in [-0.15, -0.1) is 0 Å². The first kappa shape index (κ1) is 17.5. The summed E-state index contributed by atoms with van der Waals surface area (Å²) in [6, 6.07) is 25.2. The van der Waals surface area contributed by atoms with Crippen molar-refractivity contribution in [3.8, 4) is 16.9 Å². The van der Waals surface area contributed by atoms with Crippen molar-refractivity contribution in [2.45, 2.75) is 13.0 Å². The van der Waals surface area contributed by atoms with Gasteiger partial charge in [0.05, 0.1) is 12.8 Å². The Morgan fingerprint density at radius 1 is 0.846 bits per heavy atom. The summed E-state index contributed by atoms with van der Waals surface area (Å²) in [6.45, 7) is 1.83. The van der Waals surface area contributed by atoms with E-state index >= 15 is 0 Å². The summed E-state index contributed by atoms with van der Waals surface area (Å²) < 4.78 is 5.26. The van der Waals surface area contributed by atoms with Crippen LogP contribution in [0.5, 0.6) is 5.75 Å². The monoisotopic (exact) mass is 346 g/mol. The largest absolute Gasteiger partial charge is 0.495 e. The lowest BCUT2D eigenvalue weighted by molar-refractivity contribution is -0.116. The molecule has 0 aliphatic heterocycles. The molecule has 132 valence electrons. The molecule has 0 aliphatic carbocycles. The van der Waals surface area contributed by atoms with Gasteiger partial charge in [0, 0.05) is 5.69 Å². The van der Waals surface area contributed by atoms with Gasteiger partial charge in [-0.25, -0.2) is 0 Å². The Morgan fingerprint density at radius 3 is 2.15 bits per heavy atom. The van der Waals surface area contributed by atoms with Crippen LogP contribution in [0.3, 0.4) is 0 Å². The van der Waals surface area contributed by atoms with Gasteiger partial charge in [0.25, 0.3) is 0 Å². The lowest BCUT2D eigenvalue weighted by Gasteiger charge is -2.17. The molecule has 1 unspecified atom stereocenters. The molecule has 0 heterocycles. The lowest BCUT2D eigenvalue weighted by Crippen LogP contribution is -2.31. The first-order valence-electron chi connectivity index (χ1n) is 8.53. The number of nitrogens with one attached hydrogen (secondary N) is 2. The van der Waals surface area contributed by atoms with Crippen LogP contribution in [0.2, 0.25) is 0 Å². The van der Waals surface area contributed by atoms with Crippen LogP contribution in [0.15, 0.2) is 78.9 Å². The van der Waals surface area contributed by atoms with Crippen LogP contribution < -0.4 is 15.4 Å². The highest BCUT2D eigenvalue weighted by atomic mass is 16.5. The van der Waals surface area contributed by atoms with E-state index in [9.17, 15) is 4.79 Å². The fourth-order valence-electron chi connectivity index (χ4n) is 2.69. The van der Waals surface area contributed by atoms with E-state index in [-0.39, 0.29) is 11.9 Å². The van der Waals surface area contributed by atoms with Crippen molar-refractivity contribution in [1.29, 1.82) is 0 Å². The number of ether oxygens (including phenoxy) is 1. The summed E-state index contributed by atoms with van der Waals surface area (Å²) in [7, 11) is 1.58. The number of rotatable bonds is 6. The molecule has 3 aromatic rings. The first-order valence-corrected chi connectivity index (χ1v) is 8.53. The van der Waals surface area contributed by atoms with Gasteiger partial charge in [0.2, 0.25) is 5.91 Å². The van der Waals surface area contributed by atoms with Crippen molar-refractivity contribution in [2.24, 2.45) is 0 Å². The number of methoxy groups -OCH3 is 1. The van der Waals surface area contributed by atoms with E-state index in [1.165, 1.54) is 5.56 Å². The standard InChI is InChI=1S/C22H22N2O2/c1-16(22(25)24-20-10-6-7-11-21(20)26-2)23-19-14-12-18(13-15-19)17-8-4-3-5-9-17/h3-16,23H,1-2H3,(H,24,25). The van der Waals surface area contributed by atoms with Crippen molar-refractivity contribution < 1.29 is 9.53 Å². The molecule has 0 bridgehead atoms. The maximum atomic E-state index is 12.4. The summed E-state index contributed by atoms with van der Waals surface area (Å²) in [6.07, 6.45) is 0. The number of hydrogen-bond donors (Lipinski definition) is 2. The molecule has 0 radical (unpaired) electrons. The Balaban J connectivity index is 1.64. The molecule has 0 aromatic heterocycles. The quantitative estimate of drug-likeness (QED) is 0.674. The highest BCUT2D eigenvalue weighted by Crippen LogP contribution is 2.24. The SMILES string of the molecule is COc1ccccc1NC(=O)C(C)Nc1ccc(-c2ccccc2)cc1. The van der Waals surface area contributed by atoms with Gasteiger partial charge in [-0.05, 0) is 42.3 Å². The number of para-hydroxylation sites is 2. The van der Waals surface area contributed by atoms with Crippen LogP contribution in [0.4, 0.5) is 11.4 Å². The van der Waals surface area contributed by atoms with Crippen LogP contribution in [0.25, 0.3) is 11.1 Å². The third-order valence-electron chi connectivity index (χ3n) is 4.13. The normalized spacial score (nSPS) is 11.5. The third-order valence-corrected chi connectivity index (χ3v) is 4.13. The Morgan fingerprint density at radius 2 is 1.46 bits per heavy atom. The van der Waals surface area contributed by atoms with E-state index < -0.39 is 0 Å². The molecule has 2 N–H and O–H groups in total. The third kappa shape index (κ3) is 4.22. The number of anilines is 2. The van der Waals surface area contributed by atoms with Crippen molar-refractivity contribution in [3.05, 3.63) is 78.9 Å². The zero-order chi connectivity index (χ0) is 18.4. The van der Waals surface area contributed by atoms with E-state index in [1.807, 2.05) is 73.7 Å². The van der Waals surface area contributed by atoms with Gasteiger partial charge in [0.15, 0.2) is 0 Å². The van der Waals surface area contributed by atoms with Gasteiger partial charge in [-0.2, -0.15) is 0 Å². The van der Waals surface area contributed by atoms with Crippen LogP contribution >= 0.6 is 0 Å². The Kier molecular flexibility index (Phi) is 5.54. The molecule has 3 aromatic carbocycles. The van der Waals surface area contributed by atoms with Crippen molar-refractivity contribution in [3.63, 3.8) is 0 Å². The predicted octanol–water partition coefficient (Wildman–Crippen LogP) is 4.80. The molecular weight excluding hydrogens is 324 g/mol. The maximum absolute atomic E-state index is 12.4. The molecule has 0 saturated carbocycles. The van der Waals surface area contributed by atoms with Crippen LogP contribution in [0.1, 0.15) is 6.92 Å². The minimum Gasteiger partial charge on any atom is -0.495 e. The minimum atomic E-state index is -0.387. The average Bonchev–Trinajstić information content (AvgIpc) is 2.69. The van der Waals surface area contributed by atoms with E-state index in [1.54, 1.807) is 7.11 Å². The lowest BCUT2D eigenvalue weighted by atomic mass is 10.1. The van der Waals surface area contributed by atoms with E-state index in [4.69, 9.17) is 4.74 Å². The second-order valence-corrected chi connectivity index (χ2v) is 6.00. The Bertz CT molecular complexity index is 861. The summed E-state index contributed by atoms with van der Waals surface area (Å²) in [5.74, 6) is 0.516. The van der Waals surface area contributed by atoms with Gasteiger partial charge < -0.3 is 15.4 Å². The fourth-order valence-corrected chi connectivity index (χ4v) is 2.69. The van der Waals surface area contributed by atoms with Crippen LogP contribution in [-0.2, 0) is 4.79 Å². The van der Waals surface area contributed by atoms with Crippen LogP contribution in [-0.4, -0.2) is 19.1 Å². The summed E-state index contributed by atoms with van der Waals surface area (Å²) >= 11 is 0. The number of benzene rings is 3. The highest BCUT2D eigenvalue weighted by Gasteiger charge is 2.14. The van der Waals surface area contributed by atoms with E-state index in [0.717, 1.165) is 11.3 Å². The Hall–Kier alpha value is -3.27. The van der Waals surface area contributed by atoms with Gasteiger partial charge in [0.1, 0.15) is 11.8 Å². The molecule has 26 heavy (non-hydrogen) atoms. The molecule has 3 rings (SSSR count). The molecule has 0 spiro atoms. The minimum absolute atomic E-state index is 0.123. The van der Waals surface area contributed by atoms with E-state index in [2.05, 4.69) is 22.8 Å². The van der Waals surface area contributed by atoms with Crippen molar-refractivity contribution >= 4 is 17.3 Å². The maximum Gasteiger partial charge on any atom is 0.246 e. The number of hydrogen-bond acceptors (Lipinski definition) is 3. The highest BCUT2D eigenvalue weighted by molar-refractivity contribution is 5.97. The molecule has 0 aliphatic rings. The molecule has 0 fully saturated rings. The van der Waals surface area contributed by atoms with Crippen LogP contribution in [0, 0.1) is 0 Å². The molecule has 1 atom stereocenters. The fraction of sp³-hybridized carbons (Fsp3) is 0.136. The van der Waals surface area contributed by atoms with E-state index in [0.29, 0.717) is 11.4 Å². The molecule has 0 saturated heterocycles. The Labute approximate surface area is 153 Å². The summed E-state index contributed by atoms with van der Waals surface area (Å²) in [5, 5.41) is 6.12. The number of carbonyl (C=O) groups excluding carboxylic acids is 1. The molecule has 4 nitrogen and oxygen atoms in total. The average molecular weight is 346 g/mol. The molecule has 1 amide bonds. The number of carbonyl (C=O) groups is 1. The number of amides is 1. The topological polar surface area (TPSA) is 50.4 Å².